The molecule has 3 N–H and O–H groups in total. The number of nitrogens with one attached hydrogen (secondary N) is 1. The minimum atomic E-state index is 0.203. The summed E-state index contributed by atoms with van der Waals surface area (Å²) in [5, 5.41) is 4.28. The van der Waals surface area contributed by atoms with E-state index in [-0.39, 0.29) is 5.95 Å². The third-order valence-corrected chi connectivity index (χ3v) is 5.27. The molecule has 0 fully saturated rings. The number of nitrogen functional groups attached to an aromatic ring is 1. The number of aryl methyl sites for hydroxylation is 1. The Morgan fingerprint density at radius 1 is 0.964 bits per heavy atom. The molecule has 0 unspecified atom stereocenters. The Bertz CT molecular complexity index is 1080. The molecule has 4 aromatic rings. The molecule has 0 aliphatic rings. The minimum Gasteiger partial charge on any atom is -0.368 e. The molecule has 4 rings (SSSR count). The Kier molecular flexibility index (Phi) is 5.14. The van der Waals surface area contributed by atoms with Crippen molar-refractivity contribution in [2.24, 2.45) is 0 Å². The Morgan fingerprint density at radius 3 is 2.57 bits per heavy atom. The molecule has 0 saturated heterocycles. The molecule has 0 saturated carbocycles. The fourth-order valence-corrected chi connectivity index (χ4v) is 3.96. The number of nitrogens with two attached hydrogens (primary N) is 1. The van der Waals surface area contributed by atoms with Crippen LogP contribution in [-0.4, -0.2) is 31.9 Å². The maximum atomic E-state index is 5.90. The standard InChI is InChI=1S/C20H21N7S/c1-13-7-3-4-8-14(13)23-20-25-17(24-19(21)26-20)11-27(2)12-18-22-15-9-5-6-10-16(15)28-18/h3-10H,11-12H2,1-2H3,(H3,21,23,24,25,26). The number of rotatable bonds is 6. The monoisotopic (exact) mass is 391 g/mol. The number of para-hydroxylation sites is 2. The molecular weight excluding hydrogens is 370 g/mol. The van der Waals surface area contributed by atoms with Gasteiger partial charge < -0.3 is 11.1 Å². The fourth-order valence-electron chi connectivity index (χ4n) is 2.91. The normalized spacial score (nSPS) is 11.2. The van der Waals surface area contributed by atoms with Crippen molar-refractivity contribution in [1.82, 2.24) is 24.8 Å². The fraction of sp³-hybridized carbons (Fsp3) is 0.200. The van der Waals surface area contributed by atoms with Gasteiger partial charge in [-0.1, -0.05) is 30.3 Å². The number of hydrogen-bond donors (Lipinski definition) is 2. The average Bonchev–Trinajstić information content (AvgIpc) is 3.05. The van der Waals surface area contributed by atoms with Gasteiger partial charge in [-0.15, -0.1) is 11.3 Å². The molecule has 0 aliphatic heterocycles. The Morgan fingerprint density at radius 2 is 1.75 bits per heavy atom. The lowest BCUT2D eigenvalue weighted by Crippen LogP contribution is -2.20. The predicted octanol–water partition coefficient (Wildman–Crippen LogP) is 3.75. The molecule has 0 bridgehead atoms. The number of hydrogen-bond acceptors (Lipinski definition) is 8. The molecule has 2 heterocycles. The van der Waals surface area contributed by atoms with Crippen LogP contribution in [0.25, 0.3) is 10.2 Å². The lowest BCUT2D eigenvalue weighted by molar-refractivity contribution is 0.310. The number of thiazole rings is 1. The topological polar surface area (TPSA) is 92.8 Å². The number of benzene rings is 2. The molecule has 0 spiro atoms. The first-order valence-electron chi connectivity index (χ1n) is 8.93. The summed E-state index contributed by atoms with van der Waals surface area (Å²) < 4.78 is 1.19. The minimum absolute atomic E-state index is 0.203. The van der Waals surface area contributed by atoms with E-state index in [0.29, 0.717) is 24.9 Å². The van der Waals surface area contributed by atoms with E-state index in [4.69, 9.17) is 5.73 Å². The van der Waals surface area contributed by atoms with Gasteiger partial charge >= 0.3 is 0 Å². The molecule has 0 atom stereocenters. The van der Waals surface area contributed by atoms with Crippen molar-refractivity contribution in [3.63, 3.8) is 0 Å². The van der Waals surface area contributed by atoms with Gasteiger partial charge in [0.2, 0.25) is 11.9 Å². The van der Waals surface area contributed by atoms with Gasteiger partial charge in [-0.2, -0.15) is 15.0 Å². The molecule has 2 aromatic carbocycles. The number of fused-ring (bicyclic) bond motifs is 1. The number of aromatic nitrogens is 4. The highest BCUT2D eigenvalue weighted by molar-refractivity contribution is 7.18. The summed E-state index contributed by atoms with van der Waals surface area (Å²) in [7, 11) is 2.01. The summed E-state index contributed by atoms with van der Waals surface area (Å²) in [6.45, 7) is 3.29. The highest BCUT2D eigenvalue weighted by Crippen LogP contribution is 2.23. The van der Waals surface area contributed by atoms with Gasteiger partial charge in [-0.3, -0.25) is 4.90 Å². The molecular formula is C20H21N7S. The van der Waals surface area contributed by atoms with Gasteiger partial charge in [0, 0.05) is 5.69 Å². The van der Waals surface area contributed by atoms with E-state index in [1.54, 1.807) is 11.3 Å². The maximum Gasteiger partial charge on any atom is 0.232 e. The largest absolute Gasteiger partial charge is 0.368 e. The number of nitrogens with zero attached hydrogens (tertiary/aromatic N) is 5. The van der Waals surface area contributed by atoms with Crippen LogP contribution in [0.15, 0.2) is 48.5 Å². The molecule has 8 heteroatoms. The van der Waals surface area contributed by atoms with Crippen LogP contribution in [0, 0.1) is 6.92 Å². The molecule has 0 amide bonds. The molecule has 7 nitrogen and oxygen atoms in total. The van der Waals surface area contributed by atoms with Crippen LogP contribution in [0.1, 0.15) is 16.4 Å². The van der Waals surface area contributed by atoms with Crippen molar-refractivity contribution in [2.45, 2.75) is 20.0 Å². The van der Waals surface area contributed by atoms with E-state index in [1.807, 2.05) is 56.4 Å². The van der Waals surface area contributed by atoms with Crippen molar-refractivity contribution < 1.29 is 0 Å². The lowest BCUT2D eigenvalue weighted by Gasteiger charge is -2.15. The van der Waals surface area contributed by atoms with E-state index in [2.05, 4.69) is 36.2 Å². The molecule has 2 aromatic heterocycles. The molecule has 0 radical (unpaired) electrons. The SMILES string of the molecule is Cc1ccccc1Nc1nc(N)nc(CN(C)Cc2nc3ccccc3s2)n1. The first kappa shape index (κ1) is 18.3. The zero-order valence-corrected chi connectivity index (χ0v) is 16.6. The zero-order chi connectivity index (χ0) is 19.5. The molecule has 0 aliphatic carbocycles. The highest BCUT2D eigenvalue weighted by Gasteiger charge is 2.11. The summed E-state index contributed by atoms with van der Waals surface area (Å²) >= 11 is 1.70. The van der Waals surface area contributed by atoms with Crippen LogP contribution in [0.3, 0.4) is 0 Å². The van der Waals surface area contributed by atoms with Crippen LogP contribution in [0.2, 0.25) is 0 Å². The molecule has 28 heavy (non-hydrogen) atoms. The van der Waals surface area contributed by atoms with Gasteiger partial charge in [-0.05, 0) is 37.7 Å². The smallest absolute Gasteiger partial charge is 0.232 e. The van der Waals surface area contributed by atoms with E-state index >= 15 is 0 Å². The van der Waals surface area contributed by atoms with Crippen molar-refractivity contribution in [2.75, 3.05) is 18.1 Å². The van der Waals surface area contributed by atoms with Crippen molar-refractivity contribution in [3.05, 3.63) is 64.9 Å². The van der Waals surface area contributed by atoms with Gasteiger partial charge in [-0.25, -0.2) is 4.98 Å². The Hall–Kier alpha value is -3.10. The third kappa shape index (κ3) is 4.24. The second-order valence-corrected chi connectivity index (χ2v) is 7.74. The highest BCUT2D eigenvalue weighted by atomic mass is 32.1. The van der Waals surface area contributed by atoms with Crippen LogP contribution in [-0.2, 0) is 13.1 Å². The van der Waals surface area contributed by atoms with E-state index in [9.17, 15) is 0 Å². The predicted molar refractivity (Wildman–Crippen MR) is 113 cm³/mol. The first-order chi connectivity index (χ1) is 13.6. The van der Waals surface area contributed by atoms with Gasteiger partial charge in [0.15, 0.2) is 0 Å². The van der Waals surface area contributed by atoms with E-state index in [1.165, 1.54) is 4.70 Å². The van der Waals surface area contributed by atoms with Crippen LogP contribution in [0.4, 0.5) is 17.6 Å². The maximum absolute atomic E-state index is 5.90. The average molecular weight is 392 g/mol. The molecule has 142 valence electrons. The van der Waals surface area contributed by atoms with Crippen molar-refractivity contribution in [3.8, 4) is 0 Å². The quantitative estimate of drug-likeness (QED) is 0.517. The second kappa shape index (κ2) is 7.87. The van der Waals surface area contributed by atoms with Crippen LogP contribution >= 0.6 is 11.3 Å². The van der Waals surface area contributed by atoms with Gasteiger partial charge in [0.1, 0.15) is 10.8 Å². The number of anilines is 3. The van der Waals surface area contributed by atoms with Gasteiger partial charge in [0.05, 0.1) is 23.3 Å². The summed E-state index contributed by atoms with van der Waals surface area (Å²) in [5.41, 5.74) is 8.99. The first-order valence-corrected chi connectivity index (χ1v) is 9.74. The lowest BCUT2D eigenvalue weighted by atomic mass is 10.2. The van der Waals surface area contributed by atoms with Crippen molar-refractivity contribution >= 4 is 39.1 Å². The summed E-state index contributed by atoms with van der Waals surface area (Å²) in [5.74, 6) is 1.27. The Labute approximate surface area is 167 Å². The van der Waals surface area contributed by atoms with Crippen LogP contribution in [0.5, 0.6) is 0 Å². The van der Waals surface area contributed by atoms with Gasteiger partial charge in [0.25, 0.3) is 0 Å². The van der Waals surface area contributed by atoms with Crippen molar-refractivity contribution in [1.29, 1.82) is 0 Å². The van der Waals surface area contributed by atoms with Crippen LogP contribution < -0.4 is 11.1 Å². The van der Waals surface area contributed by atoms with E-state index < -0.39 is 0 Å². The second-order valence-electron chi connectivity index (χ2n) is 6.62. The summed E-state index contributed by atoms with van der Waals surface area (Å²) in [6, 6.07) is 16.1. The summed E-state index contributed by atoms with van der Waals surface area (Å²) in [4.78, 5) is 19.8. The zero-order valence-electron chi connectivity index (χ0n) is 15.8. The third-order valence-electron chi connectivity index (χ3n) is 4.25. The Balaban J connectivity index is 1.47. The summed E-state index contributed by atoms with van der Waals surface area (Å²) in [6.07, 6.45) is 0. The van der Waals surface area contributed by atoms with E-state index in [0.717, 1.165) is 21.8 Å².